The highest BCUT2D eigenvalue weighted by molar-refractivity contribution is 5.70. The van der Waals surface area contributed by atoms with Gasteiger partial charge in [-0.05, 0) is 24.7 Å². The van der Waals surface area contributed by atoms with Crippen molar-refractivity contribution >= 4 is 17.9 Å². The number of ether oxygens (including phenoxy) is 3. The van der Waals surface area contributed by atoms with Crippen molar-refractivity contribution in [1.82, 2.24) is 0 Å². The van der Waals surface area contributed by atoms with E-state index in [1.54, 1.807) is 0 Å². The van der Waals surface area contributed by atoms with Gasteiger partial charge in [-0.2, -0.15) is 0 Å². The second-order valence-corrected chi connectivity index (χ2v) is 10.5. The van der Waals surface area contributed by atoms with Gasteiger partial charge in [0.05, 0.1) is 6.61 Å². The molecular formula is C28H52O6. The van der Waals surface area contributed by atoms with Crippen LogP contribution in [-0.2, 0) is 28.6 Å². The van der Waals surface area contributed by atoms with Crippen molar-refractivity contribution < 1.29 is 28.6 Å². The van der Waals surface area contributed by atoms with E-state index in [0.717, 1.165) is 44.9 Å². The zero-order valence-electron chi connectivity index (χ0n) is 22.6. The molecule has 6 nitrogen and oxygen atoms in total. The molecule has 0 aromatic heterocycles. The molecule has 0 radical (unpaired) electrons. The van der Waals surface area contributed by atoms with Gasteiger partial charge in [-0.15, -0.1) is 0 Å². The van der Waals surface area contributed by atoms with E-state index in [0.29, 0.717) is 25.9 Å². The molecule has 6 heteroatoms. The molecule has 0 saturated carbocycles. The third-order valence-corrected chi connectivity index (χ3v) is 5.52. The van der Waals surface area contributed by atoms with Gasteiger partial charge in [-0.1, -0.05) is 98.3 Å². The van der Waals surface area contributed by atoms with E-state index in [1.807, 2.05) is 20.8 Å². The van der Waals surface area contributed by atoms with Gasteiger partial charge in [0.1, 0.15) is 13.2 Å². The molecular weight excluding hydrogens is 432 g/mol. The Bertz CT molecular complexity index is 523. The van der Waals surface area contributed by atoms with E-state index >= 15 is 0 Å². The number of unbranched alkanes of at least 4 members (excludes halogenated alkanes) is 12. The van der Waals surface area contributed by atoms with Gasteiger partial charge >= 0.3 is 17.9 Å². The maximum Gasteiger partial charge on any atom is 0.305 e. The Balaban J connectivity index is 3.41. The number of carbonyl (C=O) groups excluding carboxylic acids is 3. The van der Waals surface area contributed by atoms with Crippen LogP contribution >= 0.6 is 0 Å². The van der Waals surface area contributed by atoms with Crippen LogP contribution in [0, 0.1) is 5.41 Å². The second-order valence-electron chi connectivity index (χ2n) is 10.5. The molecule has 0 aliphatic rings. The van der Waals surface area contributed by atoms with Crippen molar-refractivity contribution in [3.05, 3.63) is 0 Å². The number of rotatable bonds is 22. The van der Waals surface area contributed by atoms with Crippen LogP contribution in [0.5, 0.6) is 0 Å². The summed E-state index contributed by atoms with van der Waals surface area (Å²) < 4.78 is 15.5. The third kappa shape index (κ3) is 25.0. The van der Waals surface area contributed by atoms with Gasteiger partial charge in [0, 0.05) is 19.3 Å². The van der Waals surface area contributed by atoms with Crippen molar-refractivity contribution in [2.75, 3.05) is 19.8 Å². The fourth-order valence-electron chi connectivity index (χ4n) is 3.47. The molecule has 0 amide bonds. The highest BCUT2D eigenvalue weighted by Crippen LogP contribution is 2.14. The molecule has 0 saturated heterocycles. The summed E-state index contributed by atoms with van der Waals surface area (Å²) in [6, 6.07) is 0. The molecule has 0 aromatic rings. The average Bonchev–Trinajstić information content (AvgIpc) is 2.78. The monoisotopic (exact) mass is 484 g/mol. The zero-order valence-corrected chi connectivity index (χ0v) is 22.6. The first-order valence-electron chi connectivity index (χ1n) is 13.7. The summed E-state index contributed by atoms with van der Waals surface area (Å²) in [5.74, 6) is -0.589. The quantitative estimate of drug-likeness (QED) is 0.0910. The lowest BCUT2D eigenvalue weighted by molar-refractivity contribution is -0.152. The summed E-state index contributed by atoms with van der Waals surface area (Å²) in [5.41, 5.74) is -0.00139. The molecule has 0 fully saturated rings. The SMILES string of the molecule is CCCCCCCCCCCC(=O)OCCOC(=O)CCCCCCCC(=O)OCC(C)(C)C. The van der Waals surface area contributed by atoms with Gasteiger partial charge in [0.25, 0.3) is 0 Å². The first-order chi connectivity index (χ1) is 16.2. The Morgan fingerprint density at radius 1 is 0.500 bits per heavy atom. The molecule has 0 bridgehead atoms. The molecule has 0 aliphatic heterocycles. The van der Waals surface area contributed by atoms with Crippen molar-refractivity contribution in [3.8, 4) is 0 Å². The van der Waals surface area contributed by atoms with Gasteiger partial charge in [-0.3, -0.25) is 14.4 Å². The summed E-state index contributed by atoms with van der Waals surface area (Å²) in [6.07, 6.45) is 16.7. The van der Waals surface area contributed by atoms with E-state index in [9.17, 15) is 14.4 Å². The molecule has 0 unspecified atom stereocenters. The predicted octanol–water partition coefficient (Wildman–Crippen LogP) is 7.31. The highest BCUT2D eigenvalue weighted by atomic mass is 16.6. The molecule has 200 valence electrons. The zero-order chi connectivity index (χ0) is 25.5. The maximum absolute atomic E-state index is 11.8. The Morgan fingerprint density at radius 2 is 0.824 bits per heavy atom. The molecule has 0 aromatic carbocycles. The van der Waals surface area contributed by atoms with E-state index in [2.05, 4.69) is 6.92 Å². The summed E-state index contributed by atoms with van der Waals surface area (Å²) in [7, 11) is 0. The van der Waals surface area contributed by atoms with Gasteiger partial charge < -0.3 is 14.2 Å². The van der Waals surface area contributed by atoms with Crippen molar-refractivity contribution in [1.29, 1.82) is 0 Å². The molecule has 0 rings (SSSR count). The number of hydrogen-bond donors (Lipinski definition) is 0. The Kier molecular flexibility index (Phi) is 20.9. The smallest absolute Gasteiger partial charge is 0.305 e. The lowest BCUT2D eigenvalue weighted by Crippen LogP contribution is -2.18. The van der Waals surface area contributed by atoms with E-state index < -0.39 is 0 Å². The minimum atomic E-state index is -0.249. The van der Waals surface area contributed by atoms with E-state index in [4.69, 9.17) is 14.2 Å². The summed E-state index contributed by atoms with van der Waals surface area (Å²) in [5, 5.41) is 0. The molecule has 0 N–H and O–H groups in total. The second kappa shape index (κ2) is 21.9. The van der Waals surface area contributed by atoms with Crippen molar-refractivity contribution in [2.24, 2.45) is 5.41 Å². The highest BCUT2D eigenvalue weighted by Gasteiger charge is 2.13. The minimum absolute atomic E-state index is 0.00139. The summed E-state index contributed by atoms with van der Waals surface area (Å²) in [6.45, 7) is 9.05. The summed E-state index contributed by atoms with van der Waals surface area (Å²) in [4.78, 5) is 35.1. The van der Waals surface area contributed by atoms with Crippen molar-refractivity contribution in [3.63, 3.8) is 0 Å². The van der Waals surface area contributed by atoms with Crippen LogP contribution < -0.4 is 0 Å². The minimum Gasteiger partial charge on any atom is -0.465 e. The normalized spacial score (nSPS) is 11.3. The Morgan fingerprint density at radius 3 is 1.18 bits per heavy atom. The fourth-order valence-corrected chi connectivity index (χ4v) is 3.47. The van der Waals surface area contributed by atoms with Crippen LogP contribution in [0.25, 0.3) is 0 Å². The van der Waals surface area contributed by atoms with Crippen LogP contribution in [0.3, 0.4) is 0 Å². The van der Waals surface area contributed by atoms with E-state index in [1.165, 1.54) is 44.9 Å². The van der Waals surface area contributed by atoms with Gasteiger partial charge in [0.2, 0.25) is 0 Å². The molecule has 0 heterocycles. The molecule has 0 atom stereocenters. The Hall–Kier alpha value is -1.59. The van der Waals surface area contributed by atoms with Gasteiger partial charge in [0.15, 0.2) is 0 Å². The van der Waals surface area contributed by atoms with Crippen LogP contribution in [0.1, 0.15) is 137 Å². The topological polar surface area (TPSA) is 78.9 Å². The lowest BCUT2D eigenvalue weighted by atomic mass is 9.99. The van der Waals surface area contributed by atoms with Crippen molar-refractivity contribution in [2.45, 2.75) is 137 Å². The third-order valence-electron chi connectivity index (χ3n) is 5.52. The number of hydrogen-bond acceptors (Lipinski definition) is 6. The molecule has 34 heavy (non-hydrogen) atoms. The number of esters is 3. The lowest BCUT2D eigenvalue weighted by Gasteiger charge is -2.17. The first kappa shape index (κ1) is 32.4. The van der Waals surface area contributed by atoms with Crippen LogP contribution in [0.15, 0.2) is 0 Å². The van der Waals surface area contributed by atoms with E-state index in [-0.39, 0.29) is 36.5 Å². The predicted molar refractivity (Wildman–Crippen MR) is 136 cm³/mol. The van der Waals surface area contributed by atoms with Crippen LogP contribution in [0.4, 0.5) is 0 Å². The molecule has 0 spiro atoms. The van der Waals surface area contributed by atoms with Crippen LogP contribution in [-0.4, -0.2) is 37.7 Å². The first-order valence-corrected chi connectivity index (χ1v) is 13.7. The average molecular weight is 485 g/mol. The standard InChI is InChI=1S/C28H52O6/c1-5-6-7-8-9-10-11-13-16-19-25(29)32-22-23-33-26(30)20-17-14-12-15-18-21-27(31)34-24-28(2,3)4/h5-24H2,1-4H3. The summed E-state index contributed by atoms with van der Waals surface area (Å²) >= 11 is 0. The van der Waals surface area contributed by atoms with Gasteiger partial charge in [-0.25, -0.2) is 0 Å². The Labute approximate surface area is 208 Å². The largest absolute Gasteiger partial charge is 0.465 e. The van der Waals surface area contributed by atoms with Crippen LogP contribution in [0.2, 0.25) is 0 Å². The maximum atomic E-state index is 11.8. The number of carbonyl (C=O) groups is 3. The molecule has 0 aliphatic carbocycles. The fraction of sp³-hybridized carbons (Fsp3) is 0.893.